The van der Waals surface area contributed by atoms with Crippen LogP contribution in [0.1, 0.15) is 44.4 Å². The van der Waals surface area contributed by atoms with Crippen molar-refractivity contribution in [3.8, 4) is 0 Å². The number of nitrogens with zero attached hydrogens (tertiary/aromatic N) is 2. The molecule has 1 heterocycles. The standard InChI is InChI=1S/C24H25F3N2O/c1-4-23(30)20(27)14-29-22(17-7-11-19(26)12-8-17)13-21(28-24(29)15(2)3)16-5-9-18(25)10-6-16/h5-15,22-23,30H,4H2,1-3H3/b20-14-/t22?,23-/m0/s1. The van der Waals surface area contributed by atoms with Crippen LogP contribution < -0.4 is 0 Å². The molecule has 3 rings (SSSR count). The fourth-order valence-corrected chi connectivity index (χ4v) is 3.28. The smallest absolute Gasteiger partial charge is 0.145 e. The molecular weight excluding hydrogens is 389 g/mol. The molecule has 2 aromatic carbocycles. The third kappa shape index (κ3) is 4.82. The van der Waals surface area contributed by atoms with E-state index >= 15 is 0 Å². The molecule has 1 unspecified atom stereocenters. The molecule has 1 aliphatic heterocycles. The predicted molar refractivity (Wildman–Crippen MR) is 113 cm³/mol. The van der Waals surface area contributed by atoms with Crippen LogP contribution in [-0.2, 0) is 0 Å². The van der Waals surface area contributed by atoms with Crippen molar-refractivity contribution in [2.24, 2.45) is 10.9 Å². The van der Waals surface area contributed by atoms with E-state index in [2.05, 4.69) is 0 Å². The zero-order valence-electron chi connectivity index (χ0n) is 17.2. The molecule has 2 aromatic rings. The first-order valence-electron chi connectivity index (χ1n) is 9.95. The number of rotatable bonds is 6. The molecule has 0 radical (unpaired) electrons. The molecule has 0 saturated carbocycles. The van der Waals surface area contributed by atoms with E-state index in [1.165, 1.54) is 30.5 Å². The lowest BCUT2D eigenvalue weighted by Gasteiger charge is -2.36. The average molecular weight is 414 g/mol. The number of hydrogen-bond donors (Lipinski definition) is 1. The molecule has 0 fully saturated rings. The Kier molecular flexibility index (Phi) is 6.77. The number of hydrogen-bond acceptors (Lipinski definition) is 3. The van der Waals surface area contributed by atoms with Crippen molar-refractivity contribution in [3.63, 3.8) is 0 Å². The minimum atomic E-state index is -1.21. The summed E-state index contributed by atoms with van der Waals surface area (Å²) in [6, 6.07) is 11.5. The Balaban J connectivity index is 2.15. The molecule has 30 heavy (non-hydrogen) atoms. The molecule has 0 spiro atoms. The Morgan fingerprint density at radius 1 is 1.07 bits per heavy atom. The molecule has 3 nitrogen and oxygen atoms in total. The lowest BCUT2D eigenvalue weighted by molar-refractivity contribution is 0.175. The van der Waals surface area contributed by atoms with Gasteiger partial charge in [0.15, 0.2) is 0 Å². The summed E-state index contributed by atoms with van der Waals surface area (Å²) in [5.74, 6) is -0.871. The molecule has 1 N–H and O–H groups in total. The van der Waals surface area contributed by atoms with Crippen molar-refractivity contribution < 1.29 is 18.3 Å². The molecule has 2 atom stereocenters. The number of halogens is 3. The van der Waals surface area contributed by atoms with Gasteiger partial charge in [0.25, 0.3) is 0 Å². The van der Waals surface area contributed by atoms with Crippen LogP contribution in [0, 0.1) is 17.6 Å². The van der Waals surface area contributed by atoms with Crippen LogP contribution in [0.15, 0.2) is 71.6 Å². The van der Waals surface area contributed by atoms with Crippen molar-refractivity contribution in [1.29, 1.82) is 0 Å². The van der Waals surface area contributed by atoms with Gasteiger partial charge in [-0.3, -0.25) is 0 Å². The van der Waals surface area contributed by atoms with Crippen molar-refractivity contribution in [2.75, 3.05) is 0 Å². The summed E-state index contributed by atoms with van der Waals surface area (Å²) in [7, 11) is 0. The molecule has 0 saturated heterocycles. The molecule has 6 heteroatoms. The van der Waals surface area contributed by atoms with E-state index < -0.39 is 18.0 Å². The summed E-state index contributed by atoms with van der Waals surface area (Å²) in [6.45, 7) is 5.56. The van der Waals surface area contributed by atoms with E-state index in [4.69, 9.17) is 4.99 Å². The van der Waals surface area contributed by atoms with Gasteiger partial charge in [0, 0.05) is 17.7 Å². The SMILES string of the molecule is CC[C@H](O)/C(F)=C/N1C(C(C)C)=NC(c2ccc(F)cc2)=CC1c1ccc(F)cc1. The first-order chi connectivity index (χ1) is 14.3. The molecule has 0 amide bonds. The van der Waals surface area contributed by atoms with E-state index in [0.717, 1.165) is 11.1 Å². The summed E-state index contributed by atoms with van der Waals surface area (Å²) in [4.78, 5) is 6.37. The Hall–Kier alpha value is -2.86. The van der Waals surface area contributed by atoms with Gasteiger partial charge in [-0.15, -0.1) is 0 Å². The number of aliphatic hydroxyl groups is 1. The van der Waals surface area contributed by atoms with Gasteiger partial charge < -0.3 is 10.0 Å². The number of aliphatic hydroxyl groups excluding tert-OH is 1. The molecule has 0 bridgehead atoms. The first-order valence-corrected chi connectivity index (χ1v) is 9.95. The summed E-state index contributed by atoms with van der Waals surface area (Å²) < 4.78 is 41.5. The second kappa shape index (κ2) is 9.30. The largest absolute Gasteiger partial charge is 0.386 e. The van der Waals surface area contributed by atoms with E-state index in [1.807, 2.05) is 19.9 Å². The Bertz CT molecular complexity index is 963. The van der Waals surface area contributed by atoms with Gasteiger partial charge in [-0.05, 0) is 54.5 Å². The summed E-state index contributed by atoms with van der Waals surface area (Å²) in [6.07, 6.45) is 2.12. The van der Waals surface area contributed by atoms with Crippen LogP contribution in [0.25, 0.3) is 5.70 Å². The number of aliphatic imine (C=N–C) groups is 1. The van der Waals surface area contributed by atoms with E-state index in [9.17, 15) is 18.3 Å². The normalized spacial score (nSPS) is 18.3. The Morgan fingerprint density at radius 2 is 1.63 bits per heavy atom. The van der Waals surface area contributed by atoms with Gasteiger partial charge in [0.1, 0.15) is 29.4 Å². The Labute approximate surface area is 174 Å². The Morgan fingerprint density at radius 3 is 2.17 bits per heavy atom. The quantitative estimate of drug-likeness (QED) is 0.629. The van der Waals surface area contributed by atoms with Crippen LogP contribution in [0.3, 0.4) is 0 Å². The zero-order valence-corrected chi connectivity index (χ0v) is 17.2. The summed E-state index contributed by atoms with van der Waals surface area (Å²) in [5.41, 5.74) is 2.08. The van der Waals surface area contributed by atoms with Crippen molar-refractivity contribution in [2.45, 2.75) is 39.3 Å². The first kappa shape index (κ1) is 21.8. The molecule has 0 aliphatic carbocycles. The van der Waals surface area contributed by atoms with Gasteiger partial charge in [0.2, 0.25) is 0 Å². The molecule has 0 aromatic heterocycles. The number of amidine groups is 1. The fourth-order valence-electron chi connectivity index (χ4n) is 3.28. The van der Waals surface area contributed by atoms with Crippen molar-refractivity contribution in [1.82, 2.24) is 4.90 Å². The van der Waals surface area contributed by atoms with Crippen LogP contribution in [-0.4, -0.2) is 21.9 Å². The molecule has 158 valence electrons. The second-order valence-corrected chi connectivity index (χ2v) is 7.53. The van der Waals surface area contributed by atoms with Gasteiger partial charge in [-0.2, -0.15) is 0 Å². The lowest BCUT2D eigenvalue weighted by atomic mass is 9.97. The lowest BCUT2D eigenvalue weighted by Crippen LogP contribution is -2.36. The van der Waals surface area contributed by atoms with Crippen molar-refractivity contribution in [3.05, 3.63) is 89.4 Å². The zero-order chi connectivity index (χ0) is 21.8. The average Bonchev–Trinajstić information content (AvgIpc) is 2.74. The van der Waals surface area contributed by atoms with E-state index in [-0.39, 0.29) is 24.0 Å². The third-order valence-electron chi connectivity index (χ3n) is 4.95. The monoisotopic (exact) mass is 414 g/mol. The van der Waals surface area contributed by atoms with Crippen LogP contribution in [0.4, 0.5) is 13.2 Å². The number of benzene rings is 2. The highest BCUT2D eigenvalue weighted by Crippen LogP contribution is 2.35. The van der Waals surface area contributed by atoms with Crippen LogP contribution >= 0.6 is 0 Å². The van der Waals surface area contributed by atoms with Gasteiger partial charge in [-0.25, -0.2) is 18.2 Å². The van der Waals surface area contributed by atoms with Crippen LogP contribution in [0.2, 0.25) is 0 Å². The second-order valence-electron chi connectivity index (χ2n) is 7.53. The highest BCUT2D eigenvalue weighted by atomic mass is 19.1. The highest BCUT2D eigenvalue weighted by Gasteiger charge is 2.29. The molecular formula is C24H25F3N2O. The van der Waals surface area contributed by atoms with E-state index in [0.29, 0.717) is 11.5 Å². The van der Waals surface area contributed by atoms with E-state index in [1.54, 1.807) is 36.1 Å². The van der Waals surface area contributed by atoms with Gasteiger partial charge in [-0.1, -0.05) is 32.9 Å². The maximum atomic E-state index is 14.6. The predicted octanol–water partition coefficient (Wildman–Crippen LogP) is 6.00. The highest BCUT2D eigenvalue weighted by molar-refractivity contribution is 5.93. The third-order valence-corrected chi connectivity index (χ3v) is 4.95. The van der Waals surface area contributed by atoms with Gasteiger partial charge in [0.05, 0.1) is 11.7 Å². The minimum Gasteiger partial charge on any atom is -0.386 e. The fraction of sp³-hybridized carbons (Fsp3) is 0.292. The van der Waals surface area contributed by atoms with Crippen LogP contribution in [0.5, 0.6) is 0 Å². The molecule has 1 aliphatic rings. The topological polar surface area (TPSA) is 35.8 Å². The maximum Gasteiger partial charge on any atom is 0.145 e. The summed E-state index contributed by atoms with van der Waals surface area (Å²) >= 11 is 0. The minimum absolute atomic E-state index is 0.0695. The summed E-state index contributed by atoms with van der Waals surface area (Å²) in [5, 5.41) is 9.92. The van der Waals surface area contributed by atoms with Gasteiger partial charge >= 0.3 is 0 Å². The maximum absolute atomic E-state index is 14.6. The van der Waals surface area contributed by atoms with Crippen molar-refractivity contribution >= 4 is 11.5 Å².